The summed E-state index contributed by atoms with van der Waals surface area (Å²) in [5.74, 6) is 2.22. The quantitative estimate of drug-likeness (QED) is 0.883. The van der Waals surface area contributed by atoms with Gasteiger partial charge in [-0.05, 0) is 30.2 Å². The van der Waals surface area contributed by atoms with Crippen molar-refractivity contribution in [2.24, 2.45) is 0 Å². The SMILES string of the molecule is COc1cc(C(=O)NC2CCSc3ccccc32)cc(OC)c1OC. The second kappa shape index (κ2) is 7.70. The molecule has 1 atom stereocenters. The highest BCUT2D eigenvalue weighted by molar-refractivity contribution is 7.99. The van der Waals surface area contributed by atoms with Gasteiger partial charge < -0.3 is 19.5 Å². The molecule has 2 aromatic rings. The van der Waals surface area contributed by atoms with E-state index in [-0.39, 0.29) is 11.9 Å². The summed E-state index contributed by atoms with van der Waals surface area (Å²) >= 11 is 1.82. The minimum atomic E-state index is -0.161. The zero-order valence-corrected chi connectivity index (χ0v) is 15.3. The van der Waals surface area contributed by atoms with Gasteiger partial charge in [0, 0.05) is 16.2 Å². The minimum absolute atomic E-state index is 0.00374. The van der Waals surface area contributed by atoms with Crippen LogP contribution in [0.2, 0.25) is 0 Å². The number of hydrogen-bond donors (Lipinski definition) is 1. The number of carbonyl (C=O) groups excluding carboxylic acids is 1. The van der Waals surface area contributed by atoms with E-state index in [2.05, 4.69) is 17.4 Å². The Hall–Kier alpha value is -2.34. The van der Waals surface area contributed by atoms with E-state index in [1.807, 2.05) is 23.9 Å². The van der Waals surface area contributed by atoms with E-state index in [1.165, 1.54) is 31.8 Å². The highest BCUT2D eigenvalue weighted by Gasteiger charge is 2.24. The van der Waals surface area contributed by atoms with Crippen molar-refractivity contribution in [1.82, 2.24) is 5.32 Å². The average molecular weight is 359 g/mol. The van der Waals surface area contributed by atoms with E-state index in [1.54, 1.807) is 12.1 Å². The first-order valence-electron chi connectivity index (χ1n) is 8.00. The van der Waals surface area contributed by atoms with Gasteiger partial charge in [0.1, 0.15) is 0 Å². The molecule has 1 amide bonds. The maximum absolute atomic E-state index is 12.8. The van der Waals surface area contributed by atoms with Crippen molar-refractivity contribution < 1.29 is 19.0 Å². The lowest BCUT2D eigenvalue weighted by molar-refractivity contribution is 0.0934. The summed E-state index contributed by atoms with van der Waals surface area (Å²) in [6.07, 6.45) is 0.901. The smallest absolute Gasteiger partial charge is 0.252 e. The molecule has 5 nitrogen and oxygen atoms in total. The number of nitrogens with one attached hydrogen (secondary N) is 1. The standard InChI is InChI=1S/C19H21NO4S/c1-22-15-10-12(11-16(23-2)18(15)24-3)19(21)20-14-8-9-25-17-7-5-4-6-13(14)17/h4-7,10-11,14H,8-9H2,1-3H3,(H,20,21). The molecule has 1 aliphatic heterocycles. The highest BCUT2D eigenvalue weighted by Crippen LogP contribution is 2.39. The molecule has 1 heterocycles. The molecule has 132 valence electrons. The molecule has 1 aliphatic rings. The summed E-state index contributed by atoms with van der Waals surface area (Å²) in [5, 5.41) is 3.13. The van der Waals surface area contributed by atoms with Crippen molar-refractivity contribution in [1.29, 1.82) is 0 Å². The maximum Gasteiger partial charge on any atom is 0.252 e. The van der Waals surface area contributed by atoms with E-state index in [0.29, 0.717) is 22.8 Å². The summed E-state index contributed by atoms with van der Waals surface area (Å²) in [5.41, 5.74) is 1.64. The number of benzene rings is 2. The molecular weight excluding hydrogens is 338 g/mol. The Morgan fingerprint density at radius 3 is 2.40 bits per heavy atom. The van der Waals surface area contributed by atoms with Crippen LogP contribution in [0.3, 0.4) is 0 Å². The Bertz CT molecular complexity index is 753. The van der Waals surface area contributed by atoms with Crippen LogP contribution in [0.1, 0.15) is 28.4 Å². The van der Waals surface area contributed by atoms with Gasteiger partial charge >= 0.3 is 0 Å². The lowest BCUT2D eigenvalue weighted by Crippen LogP contribution is -2.30. The van der Waals surface area contributed by atoms with Crippen LogP contribution in [-0.2, 0) is 0 Å². The molecule has 0 aliphatic carbocycles. The lowest BCUT2D eigenvalue weighted by atomic mass is 10.0. The topological polar surface area (TPSA) is 56.8 Å². The predicted octanol–water partition coefficient (Wildman–Crippen LogP) is 3.68. The molecular formula is C19H21NO4S. The number of hydrogen-bond acceptors (Lipinski definition) is 5. The summed E-state index contributed by atoms with van der Waals surface area (Å²) in [7, 11) is 4.61. The number of thioether (sulfide) groups is 1. The molecule has 0 aromatic heterocycles. The van der Waals surface area contributed by atoms with Crippen LogP contribution in [0.25, 0.3) is 0 Å². The van der Waals surface area contributed by atoms with Gasteiger partial charge in [-0.15, -0.1) is 11.8 Å². The van der Waals surface area contributed by atoms with Crippen molar-refractivity contribution in [3.05, 3.63) is 47.5 Å². The Labute approximate surface area is 151 Å². The largest absolute Gasteiger partial charge is 0.493 e. The molecule has 0 radical (unpaired) electrons. The number of ether oxygens (including phenoxy) is 3. The first-order valence-corrected chi connectivity index (χ1v) is 8.99. The molecule has 6 heteroatoms. The second-order valence-electron chi connectivity index (χ2n) is 5.62. The fourth-order valence-corrected chi connectivity index (χ4v) is 4.07. The first kappa shape index (κ1) is 17.5. The van der Waals surface area contributed by atoms with Gasteiger partial charge in [-0.1, -0.05) is 18.2 Å². The van der Waals surface area contributed by atoms with Gasteiger partial charge in [0.25, 0.3) is 5.91 Å². The lowest BCUT2D eigenvalue weighted by Gasteiger charge is -2.26. The molecule has 0 bridgehead atoms. The normalized spacial score (nSPS) is 15.9. The van der Waals surface area contributed by atoms with Crippen molar-refractivity contribution >= 4 is 17.7 Å². The fourth-order valence-electron chi connectivity index (χ4n) is 2.95. The van der Waals surface area contributed by atoms with Crippen LogP contribution in [0.15, 0.2) is 41.3 Å². The third-order valence-corrected chi connectivity index (χ3v) is 5.31. The number of methoxy groups -OCH3 is 3. The highest BCUT2D eigenvalue weighted by atomic mass is 32.2. The molecule has 2 aromatic carbocycles. The molecule has 1 unspecified atom stereocenters. The van der Waals surface area contributed by atoms with E-state index >= 15 is 0 Å². The van der Waals surface area contributed by atoms with E-state index in [9.17, 15) is 4.79 Å². The molecule has 3 rings (SSSR count). The van der Waals surface area contributed by atoms with E-state index in [0.717, 1.165) is 12.2 Å². The van der Waals surface area contributed by atoms with Crippen molar-refractivity contribution in [2.45, 2.75) is 17.4 Å². The van der Waals surface area contributed by atoms with Crippen LogP contribution in [-0.4, -0.2) is 33.0 Å². The molecule has 0 saturated carbocycles. The third kappa shape index (κ3) is 3.54. The Morgan fingerprint density at radius 2 is 1.76 bits per heavy atom. The van der Waals surface area contributed by atoms with Crippen LogP contribution in [0.5, 0.6) is 17.2 Å². The molecule has 1 N–H and O–H groups in total. The summed E-state index contributed by atoms with van der Waals surface area (Å²) in [6.45, 7) is 0. The van der Waals surface area contributed by atoms with Crippen LogP contribution in [0.4, 0.5) is 0 Å². The van der Waals surface area contributed by atoms with E-state index < -0.39 is 0 Å². The van der Waals surface area contributed by atoms with Gasteiger partial charge in [-0.3, -0.25) is 4.79 Å². The van der Waals surface area contributed by atoms with E-state index in [4.69, 9.17) is 14.2 Å². The Kier molecular flexibility index (Phi) is 5.38. The van der Waals surface area contributed by atoms with Crippen molar-refractivity contribution in [3.63, 3.8) is 0 Å². The predicted molar refractivity (Wildman–Crippen MR) is 98.1 cm³/mol. The zero-order valence-electron chi connectivity index (χ0n) is 14.5. The van der Waals surface area contributed by atoms with Gasteiger partial charge in [0.15, 0.2) is 11.5 Å². The molecule has 25 heavy (non-hydrogen) atoms. The number of amides is 1. The molecule has 0 saturated heterocycles. The van der Waals surface area contributed by atoms with Crippen LogP contribution >= 0.6 is 11.8 Å². The van der Waals surface area contributed by atoms with Crippen molar-refractivity contribution in [2.75, 3.05) is 27.1 Å². The minimum Gasteiger partial charge on any atom is -0.493 e. The summed E-state index contributed by atoms with van der Waals surface area (Å²) in [6, 6.07) is 11.5. The van der Waals surface area contributed by atoms with Gasteiger partial charge in [0.05, 0.1) is 27.4 Å². The maximum atomic E-state index is 12.8. The van der Waals surface area contributed by atoms with Gasteiger partial charge in [-0.25, -0.2) is 0 Å². The number of fused-ring (bicyclic) bond motifs is 1. The number of carbonyl (C=O) groups is 1. The van der Waals surface area contributed by atoms with Crippen LogP contribution < -0.4 is 19.5 Å². The van der Waals surface area contributed by atoms with Crippen LogP contribution in [0, 0.1) is 0 Å². The average Bonchev–Trinajstić information content (AvgIpc) is 2.66. The van der Waals surface area contributed by atoms with Crippen molar-refractivity contribution in [3.8, 4) is 17.2 Å². The second-order valence-corrected chi connectivity index (χ2v) is 6.75. The molecule has 0 spiro atoms. The third-order valence-electron chi connectivity index (χ3n) is 4.19. The zero-order chi connectivity index (χ0) is 17.8. The molecule has 0 fully saturated rings. The monoisotopic (exact) mass is 359 g/mol. The summed E-state index contributed by atoms with van der Waals surface area (Å²) < 4.78 is 16.0. The van der Waals surface area contributed by atoms with Gasteiger partial charge in [-0.2, -0.15) is 0 Å². The number of rotatable bonds is 5. The van der Waals surface area contributed by atoms with Gasteiger partial charge in [0.2, 0.25) is 5.75 Å². The Balaban J connectivity index is 1.87. The first-order chi connectivity index (χ1) is 12.2. The Morgan fingerprint density at radius 1 is 1.08 bits per heavy atom. The fraction of sp³-hybridized carbons (Fsp3) is 0.316. The summed E-state index contributed by atoms with van der Waals surface area (Å²) in [4.78, 5) is 14.0.